The minimum atomic E-state index is -4.60. The number of pyridine rings is 1. The molecule has 162 valence electrons. The Labute approximate surface area is 178 Å². The van der Waals surface area contributed by atoms with Crippen molar-refractivity contribution < 1.29 is 22.4 Å². The lowest BCUT2D eigenvalue weighted by Gasteiger charge is -2.26. The first-order valence-electron chi connectivity index (χ1n) is 9.60. The van der Waals surface area contributed by atoms with Crippen molar-refractivity contribution in [3.8, 4) is 11.5 Å². The predicted octanol–water partition coefficient (Wildman–Crippen LogP) is 4.06. The lowest BCUT2D eigenvalue weighted by Crippen LogP contribution is -2.32. The zero-order valence-corrected chi connectivity index (χ0v) is 16.3. The van der Waals surface area contributed by atoms with Gasteiger partial charge < -0.3 is 5.32 Å². The molecule has 7 nitrogen and oxygen atoms in total. The van der Waals surface area contributed by atoms with Crippen LogP contribution >= 0.6 is 0 Å². The summed E-state index contributed by atoms with van der Waals surface area (Å²) < 4.78 is 55.8. The summed E-state index contributed by atoms with van der Waals surface area (Å²) in [7, 11) is 0. The van der Waals surface area contributed by atoms with E-state index < -0.39 is 30.2 Å². The van der Waals surface area contributed by atoms with Crippen LogP contribution < -0.4 is 5.32 Å². The van der Waals surface area contributed by atoms with Crippen LogP contribution in [-0.2, 0) is 11.3 Å². The van der Waals surface area contributed by atoms with E-state index in [9.17, 15) is 22.4 Å². The first-order valence-corrected chi connectivity index (χ1v) is 9.60. The van der Waals surface area contributed by atoms with E-state index in [0.717, 1.165) is 6.20 Å². The van der Waals surface area contributed by atoms with E-state index in [1.165, 1.54) is 10.7 Å². The van der Waals surface area contributed by atoms with Gasteiger partial charge in [0, 0.05) is 29.9 Å². The standard InChI is InChI=1S/C21H14F4N6O/c22-15-6-2-1-4-11(15)10-31-20-12(5-3-7-26-20)17(30-31)19-27-9-13-14(21(23,24)25)8-16(32)28-18(13)29-19/h1-7,9,14H,8,10H2,(H,27,28,29,32). The Morgan fingerprint density at radius 1 is 1.12 bits per heavy atom. The number of amides is 1. The molecule has 32 heavy (non-hydrogen) atoms. The molecule has 0 aliphatic carbocycles. The van der Waals surface area contributed by atoms with Crippen LogP contribution in [0, 0.1) is 5.82 Å². The summed E-state index contributed by atoms with van der Waals surface area (Å²) in [5.74, 6) is -3.33. The Bertz CT molecular complexity index is 1350. The summed E-state index contributed by atoms with van der Waals surface area (Å²) in [4.78, 5) is 24.4. The summed E-state index contributed by atoms with van der Waals surface area (Å²) in [5, 5.41) is 7.38. The van der Waals surface area contributed by atoms with Gasteiger partial charge in [-0.1, -0.05) is 18.2 Å². The van der Waals surface area contributed by atoms with E-state index in [1.54, 1.807) is 36.5 Å². The molecule has 3 aromatic heterocycles. The second kappa shape index (κ2) is 7.36. The van der Waals surface area contributed by atoms with Crippen LogP contribution in [0.2, 0.25) is 0 Å². The lowest BCUT2D eigenvalue weighted by atomic mass is 9.93. The molecule has 5 rings (SSSR count). The number of carbonyl (C=O) groups excluding carboxylic acids is 1. The maximum Gasteiger partial charge on any atom is 0.396 e. The van der Waals surface area contributed by atoms with Crippen LogP contribution in [0.5, 0.6) is 0 Å². The number of nitrogens with zero attached hydrogens (tertiary/aromatic N) is 5. The maximum absolute atomic E-state index is 14.1. The predicted molar refractivity (Wildman–Crippen MR) is 106 cm³/mol. The fourth-order valence-electron chi connectivity index (χ4n) is 3.70. The number of halogens is 4. The number of anilines is 1. The molecule has 0 radical (unpaired) electrons. The highest BCUT2D eigenvalue weighted by Gasteiger charge is 2.46. The number of carbonyl (C=O) groups is 1. The van der Waals surface area contributed by atoms with Gasteiger partial charge in [0.1, 0.15) is 17.3 Å². The van der Waals surface area contributed by atoms with Crippen LogP contribution in [0.25, 0.3) is 22.6 Å². The highest BCUT2D eigenvalue weighted by atomic mass is 19.4. The molecule has 0 spiro atoms. The van der Waals surface area contributed by atoms with Crippen molar-refractivity contribution in [1.29, 1.82) is 0 Å². The third kappa shape index (κ3) is 3.45. The molecule has 4 heterocycles. The molecule has 1 aliphatic heterocycles. The van der Waals surface area contributed by atoms with Gasteiger partial charge >= 0.3 is 6.18 Å². The van der Waals surface area contributed by atoms with Crippen molar-refractivity contribution in [3.05, 3.63) is 65.7 Å². The van der Waals surface area contributed by atoms with Gasteiger partial charge in [-0.2, -0.15) is 18.3 Å². The van der Waals surface area contributed by atoms with E-state index in [2.05, 4.69) is 25.4 Å². The second-order valence-corrected chi connectivity index (χ2v) is 7.32. The number of benzene rings is 1. The fraction of sp³-hybridized carbons (Fsp3) is 0.190. The van der Waals surface area contributed by atoms with Crippen molar-refractivity contribution in [3.63, 3.8) is 0 Å². The van der Waals surface area contributed by atoms with Gasteiger partial charge in [-0.05, 0) is 18.2 Å². The summed E-state index contributed by atoms with van der Waals surface area (Å²) in [6.45, 7) is 0.0814. The summed E-state index contributed by atoms with van der Waals surface area (Å²) in [6.07, 6.45) is -2.71. The van der Waals surface area contributed by atoms with Crippen LogP contribution in [0.15, 0.2) is 48.8 Å². The van der Waals surface area contributed by atoms with Crippen molar-refractivity contribution in [2.75, 3.05) is 5.32 Å². The van der Waals surface area contributed by atoms with Gasteiger partial charge in [-0.25, -0.2) is 24.0 Å². The third-order valence-electron chi connectivity index (χ3n) is 5.23. The number of fused-ring (bicyclic) bond motifs is 2. The number of rotatable bonds is 3. The first kappa shape index (κ1) is 20.0. The molecule has 4 aromatic rings. The fourth-order valence-corrected chi connectivity index (χ4v) is 3.70. The minimum Gasteiger partial charge on any atom is -0.310 e. The zero-order chi connectivity index (χ0) is 22.5. The quantitative estimate of drug-likeness (QED) is 0.484. The van der Waals surface area contributed by atoms with Crippen LogP contribution in [0.1, 0.15) is 23.5 Å². The highest BCUT2D eigenvalue weighted by Crippen LogP contribution is 2.42. The Morgan fingerprint density at radius 2 is 1.94 bits per heavy atom. The average molecular weight is 442 g/mol. The topological polar surface area (TPSA) is 85.6 Å². The molecule has 1 amide bonds. The molecule has 11 heteroatoms. The molecule has 0 fully saturated rings. The monoisotopic (exact) mass is 442 g/mol. The molecular formula is C21H14F4N6O. The normalized spacial score (nSPS) is 16.1. The molecule has 0 saturated heterocycles. The van der Waals surface area contributed by atoms with Gasteiger partial charge in [0.15, 0.2) is 11.5 Å². The van der Waals surface area contributed by atoms with Gasteiger partial charge in [0.25, 0.3) is 0 Å². The second-order valence-electron chi connectivity index (χ2n) is 7.32. The number of alkyl halides is 3. The van der Waals surface area contributed by atoms with Crippen molar-refractivity contribution >= 4 is 22.8 Å². The van der Waals surface area contributed by atoms with Crippen molar-refractivity contribution in [2.45, 2.75) is 25.1 Å². The van der Waals surface area contributed by atoms with Crippen molar-refractivity contribution in [2.24, 2.45) is 0 Å². The van der Waals surface area contributed by atoms with Gasteiger partial charge in [-0.3, -0.25) is 4.79 Å². The SMILES string of the molecule is O=C1CC(C(F)(F)F)c2cnc(-c3nn(Cc4ccccc4F)c4ncccc34)nc2N1. The first-order chi connectivity index (χ1) is 15.3. The molecule has 1 aliphatic rings. The number of nitrogens with one attached hydrogen (secondary N) is 1. The van der Waals surface area contributed by atoms with Crippen LogP contribution in [0.3, 0.4) is 0 Å². The largest absolute Gasteiger partial charge is 0.396 e. The van der Waals surface area contributed by atoms with Gasteiger partial charge in [-0.15, -0.1) is 0 Å². The van der Waals surface area contributed by atoms with E-state index in [-0.39, 0.29) is 29.4 Å². The summed E-state index contributed by atoms with van der Waals surface area (Å²) in [6, 6.07) is 9.61. The molecular weight excluding hydrogens is 428 g/mol. The Hall–Kier alpha value is -3.89. The lowest BCUT2D eigenvalue weighted by molar-refractivity contribution is -0.156. The Balaban J connectivity index is 1.61. The number of aromatic nitrogens is 5. The number of hydrogen-bond acceptors (Lipinski definition) is 5. The number of hydrogen-bond donors (Lipinski definition) is 1. The molecule has 1 aromatic carbocycles. The highest BCUT2D eigenvalue weighted by molar-refractivity contribution is 5.94. The van der Waals surface area contributed by atoms with E-state index in [4.69, 9.17) is 0 Å². The zero-order valence-electron chi connectivity index (χ0n) is 16.3. The van der Waals surface area contributed by atoms with Crippen LogP contribution in [-0.4, -0.2) is 36.8 Å². The summed E-state index contributed by atoms with van der Waals surface area (Å²) >= 11 is 0. The van der Waals surface area contributed by atoms with Gasteiger partial charge in [0.2, 0.25) is 5.91 Å². The van der Waals surface area contributed by atoms with Crippen LogP contribution in [0.4, 0.5) is 23.4 Å². The smallest absolute Gasteiger partial charge is 0.310 e. The molecule has 0 bridgehead atoms. The molecule has 0 saturated carbocycles. The Kier molecular flexibility index (Phi) is 4.61. The average Bonchev–Trinajstić information content (AvgIpc) is 3.12. The maximum atomic E-state index is 14.1. The minimum absolute atomic E-state index is 0.0251. The molecule has 1 N–H and O–H groups in total. The Morgan fingerprint density at radius 3 is 2.72 bits per heavy atom. The molecule has 1 unspecified atom stereocenters. The molecule has 1 atom stereocenters. The van der Waals surface area contributed by atoms with Crippen molar-refractivity contribution in [1.82, 2.24) is 24.7 Å². The van der Waals surface area contributed by atoms with E-state index >= 15 is 0 Å². The third-order valence-corrected chi connectivity index (χ3v) is 5.23. The van der Waals surface area contributed by atoms with Gasteiger partial charge in [0.05, 0.1) is 17.8 Å². The summed E-state index contributed by atoms with van der Waals surface area (Å²) in [5.41, 5.74) is 0.884. The van der Waals surface area contributed by atoms with E-state index in [0.29, 0.717) is 16.6 Å². The van der Waals surface area contributed by atoms with E-state index in [1.807, 2.05) is 0 Å².